The Balaban J connectivity index is 1.49. The predicted molar refractivity (Wildman–Crippen MR) is 108 cm³/mol. The minimum Gasteiger partial charge on any atom is -0.352 e. The SMILES string of the molecule is CC(C)(C)c1ccc(/C=C/C(=O)NCCc2nnc3n2CCCCC3)cc1. The molecule has 0 radical (unpaired) electrons. The van der Waals surface area contributed by atoms with E-state index >= 15 is 0 Å². The van der Waals surface area contributed by atoms with Gasteiger partial charge in [-0.1, -0.05) is 51.5 Å². The average Bonchev–Trinajstić information content (AvgIpc) is 2.86. The molecule has 27 heavy (non-hydrogen) atoms. The number of aromatic nitrogens is 3. The molecule has 0 saturated heterocycles. The van der Waals surface area contributed by atoms with Gasteiger partial charge in [0.2, 0.25) is 5.91 Å². The summed E-state index contributed by atoms with van der Waals surface area (Å²) in [5.41, 5.74) is 2.46. The first-order valence-electron chi connectivity index (χ1n) is 9.91. The average molecular weight is 367 g/mol. The lowest BCUT2D eigenvalue weighted by molar-refractivity contribution is -0.116. The third kappa shape index (κ3) is 5.28. The lowest BCUT2D eigenvalue weighted by Gasteiger charge is -2.18. The van der Waals surface area contributed by atoms with Gasteiger partial charge in [-0.3, -0.25) is 4.79 Å². The number of amides is 1. The van der Waals surface area contributed by atoms with Gasteiger partial charge in [0.05, 0.1) is 0 Å². The van der Waals surface area contributed by atoms with Crippen LogP contribution in [0.3, 0.4) is 0 Å². The van der Waals surface area contributed by atoms with Crippen LogP contribution >= 0.6 is 0 Å². The van der Waals surface area contributed by atoms with E-state index in [4.69, 9.17) is 0 Å². The lowest BCUT2D eigenvalue weighted by atomic mass is 9.87. The molecule has 1 aromatic heterocycles. The largest absolute Gasteiger partial charge is 0.352 e. The maximum atomic E-state index is 12.1. The quantitative estimate of drug-likeness (QED) is 0.821. The molecule has 0 saturated carbocycles. The van der Waals surface area contributed by atoms with Gasteiger partial charge in [0, 0.05) is 32.0 Å². The van der Waals surface area contributed by atoms with Crippen molar-refractivity contribution in [1.82, 2.24) is 20.1 Å². The number of carbonyl (C=O) groups is 1. The van der Waals surface area contributed by atoms with E-state index in [0.29, 0.717) is 13.0 Å². The Hall–Kier alpha value is -2.43. The van der Waals surface area contributed by atoms with Crippen LogP contribution in [0.4, 0.5) is 0 Å². The minimum atomic E-state index is -0.0782. The number of rotatable bonds is 5. The topological polar surface area (TPSA) is 59.8 Å². The highest BCUT2D eigenvalue weighted by atomic mass is 16.1. The number of hydrogen-bond donors (Lipinski definition) is 1. The summed E-state index contributed by atoms with van der Waals surface area (Å²) in [6, 6.07) is 8.34. The van der Waals surface area contributed by atoms with Crippen LogP contribution in [-0.2, 0) is 29.6 Å². The molecule has 0 atom stereocenters. The second-order valence-corrected chi connectivity index (χ2v) is 8.24. The highest BCUT2D eigenvalue weighted by Crippen LogP contribution is 2.22. The van der Waals surface area contributed by atoms with E-state index in [9.17, 15) is 4.79 Å². The minimum absolute atomic E-state index is 0.0782. The Morgan fingerprint density at radius 1 is 1.15 bits per heavy atom. The van der Waals surface area contributed by atoms with Gasteiger partial charge in [-0.05, 0) is 35.5 Å². The molecule has 1 amide bonds. The molecule has 144 valence electrons. The van der Waals surface area contributed by atoms with Gasteiger partial charge in [0.15, 0.2) is 0 Å². The third-order valence-corrected chi connectivity index (χ3v) is 5.04. The first-order chi connectivity index (χ1) is 12.9. The maximum Gasteiger partial charge on any atom is 0.244 e. The number of benzene rings is 1. The van der Waals surface area contributed by atoms with Crippen LogP contribution in [0, 0.1) is 0 Å². The fourth-order valence-electron chi connectivity index (χ4n) is 3.35. The van der Waals surface area contributed by atoms with Gasteiger partial charge in [-0.25, -0.2) is 0 Å². The summed E-state index contributed by atoms with van der Waals surface area (Å²) in [5.74, 6) is 1.99. The zero-order valence-corrected chi connectivity index (χ0v) is 16.7. The number of carbonyl (C=O) groups excluding carboxylic acids is 1. The van der Waals surface area contributed by atoms with Crippen LogP contribution in [0.25, 0.3) is 6.08 Å². The van der Waals surface area contributed by atoms with E-state index in [1.54, 1.807) is 6.08 Å². The van der Waals surface area contributed by atoms with Gasteiger partial charge in [-0.15, -0.1) is 10.2 Å². The first-order valence-corrected chi connectivity index (χ1v) is 9.91. The van der Waals surface area contributed by atoms with E-state index in [1.807, 2.05) is 6.08 Å². The van der Waals surface area contributed by atoms with Gasteiger partial charge >= 0.3 is 0 Å². The van der Waals surface area contributed by atoms with Crippen LogP contribution in [0.5, 0.6) is 0 Å². The number of fused-ring (bicyclic) bond motifs is 1. The zero-order valence-electron chi connectivity index (χ0n) is 16.7. The van der Waals surface area contributed by atoms with Crippen molar-refractivity contribution >= 4 is 12.0 Å². The molecule has 1 aromatic carbocycles. The van der Waals surface area contributed by atoms with E-state index in [-0.39, 0.29) is 11.3 Å². The zero-order chi connectivity index (χ0) is 19.3. The molecule has 0 fully saturated rings. The van der Waals surface area contributed by atoms with Crippen LogP contribution in [0.1, 0.15) is 62.8 Å². The van der Waals surface area contributed by atoms with Crippen molar-refractivity contribution in [3.05, 3.63) is 53.1 Å². The fourth-order valence-corrected chi connectivity index (χ4v) is 3.35. The predicted octanol–water partition coefficient (Wildman–Crippen LogP) is 3.67. The van der Waals surface area contributed by atoms with Crippen LogP contribution in [0.2, 0.25) is 0 Å². The van der Waals surface area contributed by atoms with Gasteiger partial charge in [0.1, 0.15) is 11.6 Å². The molecular formula is C22H30N4O. The third-order valence-electron chi connectivity index (χ3n) is 5.04. The van der Waals surface area contributed by atoms with Gasteiger partial charge < -0.3 is 9.88 Å². The lowest BCUT2D eigenvalue weighted by Crippen LogP contribution is -2.24. The van der Waals surface area contributed by atoms with Crippen molar-refractivity contribution in [3.63, 3.8) is 0 Å². The molecule has 1 N–H and O–H groups in total. The summed E-state index contributed by atoms with van der Waals surface area (Å²) >= 11 is 0. The highest BCUT2D eigenvalue weighted by molar-refractivity contribution is 5.91. The summed E-state index contributed by atoms with van der Waals surface area (Å²) in [6.45, 7) is 8.15. The monoisotopic (exact) mass is 366 g/mol. The Morgan fingerprint density at radius 3 is 2.67 bits per heavy atom. The van der Waals surface area contributed by atoms with Crippen LogP contribution < -0.4 is 5.32 Å². The molecule has 2 heterocycles. The Bertz CT molecular complexity index is 797. The van der Waals surface area contributed by atoms with Crippen LogP contribution in [0.15, 0.2) is 30.3 Å². The summed E-state index contributed by atoms with van der Waals surface area (Å²) in [5, 5.41) is 11.5. The number of hydrogen-bond acceptors (Lipinski definition) is 3. The molecule has 0 unspecified atom stereocenters. The van der Waals surface area contributed by atoms with Crippen molar-refractivity contribution in [3.8, 4) is 0 Å². The van der Waals surface area contributed by atoms with Gasteiger partial charge in [-0.2, -0.15) is 0 Å². The molecule has 5 nitrogen and oxygen atoms in total. The Labute approximate surface area is 161 Å². The fraction of sp³-hybridized carbons (Fsp3) is 0.500. The molecule has 0 bridgehead atoms. The smallest absolute Gasteiger partial charge is 0.244 e. The number of nitrogens with zero attached hydrogens (tertiary/aromatic N) is 3. The second kappa shape index (κ2) is 8.51. The van der Waals surface area contributed by atoms with E-state index in [1.165, 1.54) is 24.8 Å². The molecule has 1 aliphatic rings. The highest BCUT2D eigenvalue weighted by Gasteiger charge is 2.14. The molecule has 1 aliphatic heterocycles. The Kier molecular flexibility index (Phi) is 6.09. The second-order valence-electron chi connectivity index (χ2n) is 8.24. The first kappa shape index (κ1) is 19.3. The molecule has 0 spiro atoms. The molecule has 2 aromatic rings. The Morgan fingerprint density at radius 2 is 1.93 bits per heavy atom. The van der Waals surface area contributed by atoms with Crippen molar-refractivity contribution in [2.75, 3.05) is 6.54 Å². The standard InChI is InChI=1S/C22H30N4O/c1-22(2,3)18-11-8-17(9-12-18)10-13-21(27)23-15-14-20-25-24-19-7-5-4-6-16-26(19)20/h8-13H,4-7,14-16H2,1-3H3,(H,23,27)/b13-10+. The number of nitrogens with one attached hydrogen (secondary N) is 1. The van der Waals surface area contributed by atoms with Crippen LogP contribution in [-0.4, -0.2) is 27.2 Å². The molecule has 0 aliphatic carbocycles. The van der Waals surface area contributed by atoms with Crippen molar-refractivity contribution in [2.45, 2.75) is 64.8 Å². The van der Waals surface area contributed by atoms with Crippen molar-refractivity contribution in [2.24, 2.45) is 0 Å². The van der Waals surface area contributed by atoms with Gasteiger partial charge in [0.25, 0.3) is 0 Å². The summed E-state index contributed by atoms with van der Waals surface area (Å²) in [6.07, 6.45) is 8.79. The summed E-state index contributed by atoms with van der Waals surface area (Å²) in [4.78, 5) is 12.1. The molecular weight excluding hydrogens is 336 g/mol. The summed E-state index contributed by atoms with van der Waals surface area (Å²) < 4.78 is 2.23. The molecule has 5 heteroatoms. The normalized spacial score (nSPS) is 14.8. The maximum absolute atomic E-state index is 12.1. The summed E-state index contributed by atoms with van der Waals surface area (Å²) in [7, 11) is 0. The van der Waals surface area contributed by atoms with E-state index < -0.39 is 0 Å². The van der Waals surface area contributed by atoms with E-state index in [0.717, 1.165) is 30.2 Å². The van der Waals surface area contributed by atoms with Crippen molar-refractivity contribution < 1.29 is 4.79 Å². The number of aryl methyl sites for hydroxylation is 1. The van der Waals surface area contributed by atoms with Crippen molar-refractivity contribution in [1.29, 1.82) is 0 Å². The molecule has 3 rings (SSSR count). The van der Waals surface area contributed by atoms with E-state index in [2.05, 4.69) is 65.1 Å².